The molecule has 0 saturated carbocycles. The van der Waals surface area contributed by atoms with Crippen LogP contribution in [0.1, 0.15) is 11.1 Å². The number of thiocarbonyl (C=S) groups is 1. The van der Waals surface area contributed by atoms with E-state index < -0.39 is 5.82 Å². The van der Waals surface area contributed by atoms with Crippen LogP contribution in [-0.2, 0) is 13.1 Å². The van der Waals surface area contributed by atoms with Crippen LogP contribution in [0.15, 0.2) is 78.9 Å². The minimum Gasteiger partial charge on any atom is -0.340 e. The van der Waals surface area contributed by atoms with Crippen molar-refractivity contribution in [3.8, 4) is 0 Å². The molecule has 2 nitrogen and oxygen atoms in total. The Morgan fingerprint density at radius 1 is 0.885 bits per heavy atom. The van der Waals surface area contributed by atoms with Crippen LogP contribution in [0.2, 0.25) is 5.02 Å². The number of hydrogen-bond acceptors (Lipinski definition) is 1. The van der Waals surface area contributed by atoms with Crippen molar-refractivity contribution in [1.29, 1.82) is 0 Å². The predicted octanol–water partition coefficient (Wildman–Crippen LogP) is 5.88. The third-order valence-corrected chi connectivity index (χ3v) is 4.54. The van der Waals surface area contributed by atoms with Crippen molar-refractivity contribution >= 4 is 34.6 Å². The quantitative estimate of drug-likeness (QED) is 0.553. The van der Waals surface area contributed by atoms with Crippen molar-refractivity contribution in [3.63, 3.8) is 0 Å². The van der Waals surface area contributed by atoms with Gasteiger partial charge in [-0.15, -0.1) is 0 Å². The summed E-state index contributed by atoms with van der Waals surface area (Å²) in [6.07, 6.45) is 0. The minimum absolute atomic E-state index is 0.0652. The largest absolute Gasteiger partial charge is 0.340 e. The van der Waals surface area contributed by atoms with Crippen molar-refractivity contribution in [2.45, 2.75) is 13.1 Å². The molecule has 3 aromatic carbocycles. The fourth-order valence-electron chi connectivity index (χ4n) is 2.58. The lowest BCUT2D eigenvalue weighted by Gasteiger charge is -2.26. The van der Waals surface area contributed by atoms with E-state index in [-0.39, 0.29) is 5.02 Å². The van der Waals surface area contributed by atoms with Gasteiger partial charge >= 0.3 is 0 Å². The summed E-state index contributed by atoms with van der Waals surface area (Å²) in [5.41, 5.74) is 2.97. The van der Waals surface area contributed by atoms with Crippen LogP contribution in [0, 0.1) is 5.82 Å². The first-order valence-electron chi connectivity index (χ1n) is 8.20. The van der Waals surface area contributed by atoms with Gasteiger partial charge in [0.1, 0.15) is 5.82 Å². The summed E-state index contributed by atoms with van der Waals surface area (Å²) < 4.78 is 13.4. The standard InChI is InChI=1S/C21H18ClFN2S/c22-19-13-18(11-12-20(19)23)24-21(26)25(14-16-7-3-1-4-8-16)15-17-9-5-2-6-10-17/h1-13H,14-15H2,(H,24,26). The molecule has 26 heavy (non-hydrogen) atoms. The minimum atomic E-state index is -0.450. The second-order valence-corrected chi connectivity index (χ2v) is 6.68. The van der Waals surface area contributed by atoms with Crippen LogP contribution in [0.25, 0.3) is 0 Å². The van der Waals surface area contributed by atoms with Crippen molar-refractivity contribution in [2.24, 2.45) is 0 Å². The lowest BCUT2D eigenvalue weighted by molar-refractivity contribution is 0.413. The SMILES string of the molecule is Fc1ccc(NC(=S)N(Cc2ccccc2)Cc2ccccc2)cc1Cl. The summed E-state index contributed by atoms with van der Waals surface area (Å²) in [6, 6.07) is 24.7. The summed E-state index contributed by atoms with van der Waals surface area (Å²) in [7, 11) is 0. The van der Waals surface area contributed by atoms with E-state index in [0.717, 1.165) is 11.1 Å². The van der Waals surface area contributed by atoms with E-state index >= 15 is 0 Å². The first-order valence-corrected chi connectivity index (χ1v) is 8.99. The Balaban J connectivity index is 1.78. The molecule has 0 amide bonds. The van der Waals surface area contributed by atoms with Crippen molar-refractivity contribution < 1.29 is 4.39 Å². The summed E-state index contributed by atoms with van der Waals surface area (Å²) in [5.74, 6) is -0.450. The molecule has 0 aliphatic rings. The second-order valence-electron chi connectivity index (χ2n) is 5.89. The highest BCUT2D eigenvalue weighted by Crippen LogP contribution is 2.20. The number of benzene rings is 3. The third-order valence-electron chi connectivity index (χ3n) is 3.89. The lowest BCUT2D eigenvalue weighted by Crippen LogP contribution is -2.33. The van der Waals surface area contributed by atoms with Crippen LogP contribution < -0.4 is 5.32 Å². The van der Waals surface area contributed by atoms with Crippen LogP contribution in [0.3, 0.4) is 0 Å². The van der Waals surface area contributed by atoms with Crippen LogP contribution in [0.5, 0.6) is 0 Å². The van der Waals surface area contributed by atoms with Gasteiger partial charge < -0.3 is 10.2 Å². The predicted molar refractivity (Wildman–Crippen MR) is 110 cm³/mol. The summed E-state index contributed by atoms with van der Waals surface area (Å²) in [6.45, 7) is 1.33. The zero-order valence-corrected chi connectivity index (χ0v) is 15.6. The van der Waals surface area contributed by atoms with Gasteiger partial charge in [0.05, 0.1) is 5.02 Å². The maximum Gasteiger partial charge on any atom is 0.174 e. The maximum atomic E-state index is 13.4. The summed E-state index contributed by atoms with van der Waals surface area (Å²) >= 11 is 11.5. The Morgan fingerprint density at radius 2 is 1.42 bits per heavy atom. The molecule has 3 aromatic rings. The number of nitrogens with zero attached hydrogens (tertiary/aromatic N) is 1. The maximum absolute atomic E-state index is 13.4. The molecule has 0 heterocycles. The van der Waals surface area contributed by atoms with Gasteiger partial charge in [0.2, 0.25) is 0 Å². The monoisotopic (exact) mass is 384 g/mol. The van der Waals surface area contributed by atoms with Crippen LogP contribution >= 0.6 is 23.8 Å². The van der Waals surface area contributed by atoms with Crippen molar-refractivity contribution in [1.82, 2.24) is 4.90 Å². The first kappa shape index (κ1) is 18.4. The molecule has 5 heteroatoms. The van der Waals surface area contributed by atoms with Gasteiger partial charge in [0, 0.05) is 18.8 Å². The molecule has 3 rings (SSSR count). The molecule has 0 fully saturated rings. The van der Waals surface area contributed by atoms with E-state index in [4.69, 9.17) is 23.8 Å². The number of halogens is 2. The van der Waals surface area contributed by atoms with Gasteiger partial charge in [-0.3, -0.25) is 0 Å². The Kier molecular flexibility index (Phi) is 6.21. The highest BCUT2D eigenvalue weighted by molar-refractivity contribution is 7.80. The number of nitrogens with one attached hydrogen (secondary N) is 1. The molecule has 0 unspecified atom stereocenters. The molecule has 0 saturated heterocycles. The normalized spacial score (nSPS) is 10.4. The number of anilines is 1. The second kappa shape index (κ2) is 8.79. The molecule has 0 aliphatic heterocycles. The molecule has 1 N–H and O–H groups in total. The zero-order valence-electron chi connectivity index (χ0n) is 14.0. The molecule has 0 aromatic heterocycles. The third kappa shape index (κ3) is 5.04. The Labute approximate surface area is 163 Å². The van der Waals surface area contributed by atoms with Crippen LogP contribution in [-0.4, -0.2) is 10.0 Å². The van der Waals surface area contributed by atoms with Gasteiger partial charge in [-0.25, -0.2) is 4.39 Å². The molecule has 0 spiro atoms. The fourth-order valence-corrected chi connectivity index (χ4v) is 3.01. The van der Waals surface area contributed by atoms with Gasteiger partial charge in [-0.05, 0) is 41.5 Å². The van der Waals surface area contributed by atoms with Gasteiger partial charge in [0.25, 0.3) is 0 Å². The van der Waals surface area contributed by atoms with Gasteiger partial charge in [-0.2, -0.15) is 0 Å². The molecular weight excluding hydrogens is 367 g/mol. The van der Waals surface area contributed by atoms with Crippen LogP contribution in [0.4, 0.5) is 10.1 Å². The Morgan fingerprint density at radius 3 is 1.92 bits per heavy atom. The van der Waals surface area contributed by atoms with Crippen molar-refractivity contribution in [2.75, 3.05) is 5.32 Å². The summed E-state index contributed by atoms with van der Waals surface area (Å²) in [4.78, 5) is 2.07. The molecular formula is C21H18ClFN2S. The highest BCUT2D eigenvalue weighted by Gasteiger charge is 2.12. The average molecular weight is 385 g/mol. The molecule has 0 bridgehead atoms. The number of hydrogen-bond donors (Lipinski definition) is 1. The Bertz CT molecular complexity index is 830. The van der Waals surface area contributed by atoms with Gasteiger partial charge in [0.15, 0.2) is 5.11 Å². The Hall–Kier alpha value is -2.43. The van der Waals surface area contributed by atoms with Gasteiger partial charge in [-0.1, -0.05) is 72.3 Å². The van der Waals surface area contributed by atoms with Crippen molar-refractivity contribution in [3.05, 3.63) is 101 Å². The van der Waals surface area contributed by atoms with E-state index in [2.05, 4.69) is 34.5 Å². The smallest absolute Gasteiger partial charge is 0.174 e. The average Bonchev–Trinajstić information content (AvgIpc) is 2.66. The topological polar surface area (TPSA) is 15.3 Å². The zero-order chi connectivity index (χ0) is 18.4. The summed E-state index contributed by atoms with van der Waals surface area (Å²) in [5, 5.41) is 3.78. The number of rotatable bonds is 5. The molecule has 0 atom stereocenters. The van der Waals surface area contributed by atoms with E-state index in [1.807, 2.05) is 36.4 Å². The lowest BCUT2D eigenvalue weighted by atomic mass is 10.2. The highest BCUT2D eigenvalue weighted by atomic mass is 35.5. The molecule has 0 aliphatic carbocycles. The first-order chi connectivity index (χ1) is 12.6. The van der Waals surface area contributed by atoms with E-state index in [1.165, 1.54) is 12.1 Å². The molecule has 0 radical (unpaired) electrons. The van der Waals surface area contributed by atoms with E-state index in [0.29, 0.717) is 23.9 Å². The fraction of sp³-hybridized carbons (Fsp3) is 0.0952. The van der Waals surface area contributed by atoms with E-state index in [9.17, 15) is 4.39 Å². The molecule has 132 valence electrons. The van der Waals surface area contributed by atoms with E-state index in [1.54, 1.807) is 6.07 Å².